The molecular formula is C12H19N. The summed E-state index contributed by atoms with van der Waals surface area (Å²) in [6.07, 6.45) is 6.20. The van der Waals surface area contributed by atoms with Crippen molar-refractivity contribution in [2.75, 3.05) is 0 Å². The minimum atomic E-state index is 0.929. The van der Waals surface area contributed by atoms with Crippen LogP contribution in [-0.2, 0) is 0 Å². The predicted octanol–water partition coefficient (Wildman–Crippen LogP) is 2.03. The van der Waals surface area contributed by atoms with E-state index in [0.717, 1.165) is 41.7 Å². The van der Waals surface area contributed by atoms with Gasteiger partial charge in [0.2, 0.25) is 0 Å². The Kier molecular flexibility index (Phi) is 1.19. The molecule has 4 fully saturated rings. The highest BCUT2D eigenvalue weighted by Crippen LogP contribution is 2.59. The number of hydrogen-bond acceptors (Lipinski definition) is 1. The quantitative estimate of drug-likeness (QED) is 0.597. The summed E-state index contributed by atoms with van der Waals surface area (Å²) in [5.74, 6) is 5.44. The molecule has 3 saturated carbocycles. The van der Waals surface area contributed by atoms with Crippen molar-refractivity contribution >= 4 is 0 Å². The molecule has 1 N–H and O–H groups in total. The van der Waals surface area contributed by atoms with Gasteiger partial charge in [-0.15, -0.1) is 0 Å². The normalized spacial score (nSPS) is 67.6. The van der Waals surface area contributed by atoms with Gasteiger partial charge in [0.15, 0.2) is 0 Å². The fourth-order valence-electron chi connectivity index (χ4n) is 5.08. The number of nitrogens with one attached hydrogen (secondary N) is 1. The number of fused-ring (bicyclic) bond motifs is 4. The molecule has 0 radical (unpaired) electrons. The van der Waals surface area contributed by atoms with Gasteiger partial charge in [0.1, 0.15) is 0 Å². The van der Waals surface area contributed by atoms with Crippen LogP contribution in [-0.4, -0.2) is 12.1 Å². The topological polar surface area (TPSA) is 12.0 Å². The van der Waals surface area contributed by atoms with Crippen LogP contribution in [0.25, 0.3) is 0 Å². The summed E-state index contributed by atoms with van der Waals surface area (Å²) in [5, 5.41) is 3.85. The SMILES string of the molecule is CC1CC2C3CCC(C3)C3NC1C23. The smallest absolute Gasteiger partial charge is 0.0144 e. The molecule has 1 heteroatoms. The minimum absolute atomic E-state index is 0.929. The molecule has 0 aromatic heterocycles. The minimum Gasteiger partial charge on any atom is -0.310 e. The molecule has 7 atom stereocenters. The van der Waals surface area contributed by atoms with Crippen molar-refractivity contribution in [2.24, 2.45) is 29.6 Å². The van der Waals surface area contributed by atoms with Gasteiger partial charge in [0.05, 0.1) is 0 Å². The Balaban J connectivity index is 1.73. The molecule has 0 amide bonds. The molecule has 1 nitrogen and oxygen atoms in total. The fourth-order valence-corrected chi connectivity index (χ4v) is 5.08. The van der Waals surface area contributed by atoms with Crippen molar-refractivity contribution in [3.8, 4) is 0 Å². The molecule has 1 aliphatic heterocycles. The van der Waals surface area contributed by atoms with Crippen LogP contribution in [0.1, 0.15) is 32.6 Å². The Morgan fingerprint density at radius 1 is 1.00 bits per heavy atom. The van der Waals surface area contributed by atoms with Gasteiger partial charge in [-0.25, -0.2) is 0 Å². The van der Waals surface area contributed by atoms with E-state index in [1.807, 2.05) is 0 Å². The van der Waals surface area contributed by atoms with Crippen molar-refractivity contribution in [1.29, 1.82) is 0 Å². The van der Waals surface area contributed by atoms with Gasteiger partial charge in [0, 0.05) is 12.1 Å². The van der Waals surface area contributed by atoms with Gasteiger partial charge >= 0.3 is 0 Å². The highest BCUT2D eigenvalue weighted by molar-refractivity contribution is 5.15. The lowest BCUT2D eigenvalue weighted by molar-refractivity contribution is 0.0292. The number of rotatable bonds is 0. The third-order valence-corrected chi connectivity index (χ3v) is 5.59. The van der Waals surface area contributed by atoms with Crippen molar-refractivity contribution in [3.63, 3.8) is 0 Å². The first-order valence-electron chi connectivity index (χ1n) is 6.10. The summed E-state index contributed by atoms with van der Waals surface area (Å²) in [4.78, 5) is 0. The Labute approximate surface area is 80.3 Å². The third kappa shape index (κ3) is 0.707. The highest BCUT2D eigenvalue weighted by Gasteiger charge is 2.61. The maximum atomic E-state index is 3.85. The molecule has 13 heavy (non-hydrogen) atoms. The molecule has 4 aliphatic rings. The Morgan fingerprint density at radius 3 is 2.77 bits per heavy atom. The summed E-state index contributed by atoms with van der Waals surface area (Å²) in [6.45, 7) is 2.46. The zero-order valence-corrected chi connectivity index (χ0v) is 8.37. The van der Waals surface area contributed by atoms with E-state index in [1.54, 1.807) is 12.8 Å². The second kappa shape index (κ2) is 2.13. The van der Waals surface area contributed by atoms with Crippen LogP contribution in [0.4, 0.5) is 0 Å². The Morgan fingerprint density at radius 2 is 1.85 bits per heavy atom. The van der Waals surface area contributed by atoms with Gasteiger partial charge in [-0.2, -0.15) is 0 Å². The van der Waals surface area contributed by atoms with E-state index in [0.29, 0.717) is 0 Å². The van der Waals surface area contributed by atoms with Gasteiger partial charge in [-0.3, -0.25) is 0 Å². The van der Waals surface area contributed by atoms with E-state index in [9.17, 15) is 0 Å². The van der Waals surface area contributed by atoms with Crippen molar-refractivity contribution in [3.05, 3.63) is 0 Å². The molecule has 0 aromatic rings. The molecule has 0 spiro atoms. The highest BCUT2D eigenvalue weighted by atomic mass is 15.1. The molecule has 1 saturated heterocycles. The first-order valence-corrected chi connectivity index (χ1v) is 6.10. The zero-order chi connectivity index (χ0) is 8.58. The molecule has 1 heterocycles. The zero-order valence-electron chi connectivity index (χ0n) is 8.37. The largest absolute Gasteiger partial charge is 0.310 e. The van der Waals surface area contributed by atoms with E-state index in [-0.39, 0.29) is 0 Å². The maximum Gasteiger partial charge on any atom is 0.0144 e. The summed E-state index contributed by atoms with van der Waals surface area (Å²) in [6, 6.07) is 1.89. The lowest BCUT2D eigenvalue weighted by Gasteiger charge is -2.52. The van der Waals surface area contributed by atoms with Crippen LogP contribution in [0, 0.1) is 29.6 Å². The average Bonchev–Trinajstić information content (AvgIpc) is 2.55. The fraction of sp³-hybridized carbons (Fsp3) is 1.00. The van der Waals surface area contributed by atoms with Crippen molar-refractivity contribution < 1.29 is 0 Å². The summed E-state index contributed by atoms with van der Waals surface area (Å²) in [7, 11) is 0. The molecule has 3 aliphatic carbocycles. The summed E-state index contributed by atoms with van der Waals surface area (Å²) in [5.41, 5.74) is 0. The lowest BCUT2D eigenvalue weighted by Crippen LogP contribution is -2.66. The van der Waals surface area contributed by atoms with E-state index >= 15 is 0 Å². The van der Waals surface area contributed by atoms with Gasteiger partial charge < -0.3 is 5.32 Å². The summed E-state index contributed by atoms with van der Waals surface area (Å²) >= 11 is 0. The molecule has 72 valence electrons. The number of hydrogen-bond donors (Lipinski definition) is 1. The average molecular weight is 177 g/mol. The first-order chi connectivity index (χ1) is 6.34. The van der Waals surface area contributed by atoms with Crippen LogP contribution in [0.3, 0.4) is 0 Å². The lowest BCUT2D eigenvalue weighted by atomic mass is 9.65. The Hall–Kier alpha value is -0.0400. The molecule has 2 bridgehead atoms. The van der Waals surface area contributed by atoms with Gasteiger partial charge in [0.25, 0.3) is 0 Å². The first kappa shape index (κ1) is 7.28. The van der Waals surface area contributed by atoms with Gasteiger partial charge in [-0.05, 0) is 55.3 Å². The van der Waals surface area contributed by atoms with E-state index in [1.165, 1.54) is 12.8 Å². The molecule has 7 unspecified atom stereocenters. The third-order valence-electron chi connectivity index (χ3n) is 5.59. The summed E-state index contributed by atoms with van der Waals surface area (Å²) < 4.78 is 0. The van der Waals surface area contributed by atoms with Crippen LogP contribution in [0.5, 0.6) is 0 Å². The van der Waals surface area contributed by atoms with E-state index in [4.69, 9.17) is 0 Å². The standard InChI is InChI=1S/C12H19N/c1-6-4-9-7-2-3-8(5-7)12-10(9)11(6)13-12/h6-13H,2-5H2,1H3. The van der Waals surface area contributed by atoms with E-state index in [2.05, 4.69) is 12.2 Å². The van der Waals surface area contributed by atoms with Crippen LogP contribution >= 0.6 is 0 Å². The predicted molar refractivity (Wildman–Crippen MR) is 52.3 cm³/mol. The maximum absolute atomic E-state index is 3.85. The second-order valence-electron chi connectivity index (χ2n) is 6.01. The molecular weight excluding hydrogens is 158 g/mol. The van der Waals surface area contributed by atoms with Crippen molar-refractivity contribution in [1.82, 2.24) is 5.32 Å². The van der Waals surface area contributed by atoms with Crippen LogP contribution in [0.2, 0.25) is 0 Å². The van der Waals surface area contributed by atoms with Crippen molar-refractivity contribution in [2.45, 2.75) is 44.7 Å². The van der Waals surface area contributed by atoms with E-state index < -0.39 is 0 Å². The second-order valence-corrected chi connectivity index (χ2v) is 6.01. The van der Waals surface area contributed by atoms with Crippen LogP contribution < -0.4 is 5.32 Å². The Bertz CT molecular complexity index is 250. The molecule has 4 rings (SSSR count). The van der Waals surface area contributed by atoms with Crippen LogP contribution in [0.15, 0.2) is 0 Å². The molecule has 0 aromatic carbocycles. The monoisotopic (exact) mass is 177 g/mol. The van der Waals surface area contributed by atoms with Gasteiger partial charge in [-0.1, -0.05) is 6.92 Å².